The number of nitrogens with one attached hydrogen (secondary N) is 2. The van der Waals surface area contributed by atoms with Gasteiger partial charge in [0.15, 0.2) is 5.82 Å². The molecule has 0 saturated carbocycles. The summed E-state index contributed by atoms with van der Waals surface area (Å²) in [6, 6.07) is 13.0. The Morgan fingerprint density at radius 3 is 1.70 bits per heavy atom. The fourth-order valence-corrected chi connectivity index (χ4v) is 11.6. The Hall–Kier alpha value is -4.56. The number of allylic oxidation sites excluding steroid dienone is 1. The summed E-state index contributed by atoms with van der Waals surface area (Å²) in [6.07, 6.45) is -4.90. The first-order valence-corrected chi connectivity index (χ1v) is 22.3. The predicted octanol–water partition coefficient (Wildman–Crippen LogP) is 3.90. The lowest BCUT2D eigenvalue weighted by Gasteiger charge is -2.30. The molecule has 6 N–H and O–H groups in total. The molecule has 4 aromatic rings. The van der Waals surface area contributed by atoms with Gasteiger partial charge in [0.1, 0.15) is 25.0 Å². The quantitative estimate of drug-likeness (QED) is 0.166. The third kappa shape index (κ3) is 8.56. The fraction of sp³-hybridized carbons (Fsp3) is 0.0968. The number of hydrogen-bond acceptors (Lipinski definition) is 12. The Kier molecular flexibility index (Phi) is 11.5. The molecule has 5 rings (SSSR count). The molecule has 1 atom stereocenters. The first-order valence-electron chi connectivity index (χ1n) is 15.0. The number of amides is 2. The van der Waals surface area contributed by atoms with Crippen LogP contribution >= 0.6 is 23.4 Å². The zero-order chi connectivity index (χ0) is 41.8. The van der Waals surface area contributed by atoms with Crippen LogP contribution in [0.1, 0.15) is 33.8 Å². The molecule has 1 aliphatic rings. The number of anilines is 1. The van der Waals surface area contributed by atoms with Crippen LogP contribution in [0.15, 0.2) is 115 Å². The maximum atomic E-state index is 16.6. The van der Waals surface area contributed by atoms with E-state index in [1.165, 1.54) is 4.72 Å². The molecule has 0 aromatic heterocycles. The van der Waals surface area contributed by atoms with Crippen molar-refractivity contribution in [3.05, 3.63) is 123 Å². The van der Waals surface area contributed by atoms with Crippen LogP contribution in [-0.4, -0.2) is 45.5 Å². The molecule has 298 valence electrons. The van der Waals surface area contributed by atoms with Crippen molar-refractivity contribution in [1.29, 1.82) is 0 Å². The van der Waals surface area contributed by atoms with Gasteiger partial charge in [0.25, 0.3) is 31.9 Å². The summed E-state index contributed by atoms with van der Waals surface area (Å²) >= 11 is 6.81. The van der Waals surface area contributed by atoms with Gasteiger partial charge in [-0.1, -0.05) is 59.8 Å². The number of hydrogen-bond donors (Lipinski definition) is 4. The third-order valence-corrected chi connectivity index (χ3v) is 14.5. The Labute approximate surface area is 325 Å². The van der Waals surface area contributed by atoms with E-state index in [2.05, 4.69) is 0 Å². The standard InChI is InChI=1S/C31H24ClF4N5O10S5/c1-16-27(29(43)40-56(50,51)24-12-5-3-10-22(24)54(38,46)47)52-30(17-7-6-8-18(15-17)31(34,35)36)41(16)26-20(32)14-13-19(25(26)33)28(42)39-55(48,49)23-11-4-2-9-21(23)53(37,44)45/h2-15,30H,1H3,(H,39,42)(H,40,43)(H2,37,44,45)(H2,38,46,47). The van der Waals surface area contributed by atoms with Gasteiger partial charge >= 0.3 is 6.18 Å². The van der Waals surface area contributed by atoms with Crippen LogP contribution in [0.4, 0.5) is 23.2 Å². The number of rotatable bonds is 10. The molecule has 1 heterocycles. The van der Waals surface area contributed by atoms with Crippen molar-refractivity contribution < 1.29 is 60.8 Å². The molecule has 0 bridgehead atoms. The van der Waals surface area contributed by atoms with Gasteiger partial charge < -0.3 is 4.90 Å². The molecular weight excluding hydrogens is 874 g/mol. The van der Waals surface area contributed by atoms with Crippen LogP contribution in [-0.2, 0) is 51.1 Å². The second-order valence-electron chi connectivity index (χ2n) is 11.5. The van der Waals surface area contributed by atoms with Crippen LogP contribution in [0, 0.1) is 5.82 Å². The van der Waals surface area contributed by atoms with E-state index in [0.717, 1.165) is 84.6 Å². The van der Waals surface area contributed by atoms with Gasteiger partial charge in [0.2, 0.25) is 20.0 Å². The van der Waals surface area contributed by atoms with Gasteiger partial charge in [-0.25, -0.2) is 57.8 Å². The Bertz CT molecular complexity index is 2800. The SMILES string of the molecule is CC1=C(C(=O)NS(=O)(=O)c2ccccc2S(N)(=O)=O)SC(c2cccc(C(F)(F)F)c2)N1c1c(Cl)ccc(C(=O)NS(=O)(=O)c2ccccc2S(N)(=O)=O)c1F. The highest BCUT2D eigenvalue weighted by molar-refractivity contribution is 8.04. The smallest absolute Gasteiger partial charge is 0.323 e. The topological polar surface area (TPSA) is 250 Å². The first-order chi connectivity index (χ1) is 25.8. The molecule has 0 aliphatic carbocycles. The molecule has 0 saturated heterocycles. The Morgan fingerprint density at radius 1 is 0.732 bits per heavy atom. The number of thioether (sulfide) groups is 1. The summed E-state index contributed by atoms with van der Waals surface area (Å²) in [7, 11) is -19.4. The monoisotopic (exact) mass is 897 g/mol. The molecule has 1 unspecified atom stereocenters. The zero-order valence-corrected chi connectivity index (χ0v) is 32.6. The summed E-state index contributed by atoms with van der Waals surface area (Å²) in [5, 5.41) is 8.16. The summed E-state index contributed by atoms with van der Waals surface area (Å²) in [4.78, 5) is 23.6. The molecular formula is C31H24ClF4N5O10S5. The highest BCUT2D eigenvalue weighted by Gasteiger charge is 2.41. The number of carbonyl (C=O) groups excluding carboxylic acids is 2. The molecule has 15 nitrogen and oxygen atoms in total. The fourth-order valence-electron chi connectivity index (χ4n) is 5.33. The lowest BCUT2D eigenvalue weighted by molar-refractivity contribution is -0.137. The summed E-state index contributed by atoms with van der Waals surface area (Å²) in [5.41, 5.74) is -3.61. The normalized spacial score (nSPS) is 15.5. The van der Waals surface area contributed by atoms with Gasteiger partial charge in [-0.2, -0.15) is 13.2 Å². The van der Waals surface area contributed by atoms with Crippen LogP contribution in [0.2, 0.25) is 5.02 Å². The average molecular weight is 898 g/mol. The molecule has 2 amide bonds. The maximum absolute atomic E-state index is 16.6. The third-order valence-electron chi connectivity index (χ3n) is 7.76. The number of sulfonamides is 4. The van der Waals surface area contributed by atoms with Crippen LogP contribution in [0.25, 0.3) is 0 Å². The number of alkyl halides is 3. The van der Waals surface area contributed by atoms with Crippen molar-refractivity contribution in [3.63, 3.8) is 0 Å². The van der Waals surface area contributed by atoms with Crippen molar-refractivity contribution in [3.8, 4) is 0 Å². The molecule has 56 heavy (non-hydrogen) atoms. The second-order valence-corrected chi connectivity index (χ2v) is 19.3. The van der Waals surface area contributed by atoms with Gasteiger partial charge in [-0.05, 0) is 61.0 Å². The number of carbonyl (C=O) groups is 2. The van der Waals surface area contributed by atoms with Crippen molar-refractivity contribution in [2.75, 3.05) is 4.90 Å². The van der Waals surface area contributed by atoms with Crippen molar-refractivity contribution in [2.45, 2.75) is 38.1 Å². The minimum Gasteiger partial charge on any atom is -0.323 e. The summed E-state index contributed by atoms with van der Waals surface area (Å²) in [6.45, 7) is 1.12. The van der Waals surface area contributed by atoms with E-state index >= 15 is 4.39 Å². The van der Waals surface area contributed by atoms with Crippen molar-refractivity contribution in [2.24, 2.45) is 10.3 Å². The van der Waals surface area contributed by atoms with E-state index in [4.69, 9.17) is 21.9 Å². The van der Waals surface area contributed by atoms with Gasteiger partial charge in [0, 0.05) is 5.70 Å². The van der Waals surface area contributed by atoms with E-state index in [-0.39, 0.29) is 11.3 Å². The van der Waals surface area contributed by atoms with Gasteiger partial charge in [-0.3, -0.25) is 9.59 Å². The average Bonchev–Trinajstić information content (AvgIpc) is 3.43. The maximum Gasteiger partial charge on any atom is 0.416 e. The van der Waals surface area contributed by atoms with E-state index in [0.29, 0.717) is 23.9 Å². The minimum absolute atomic E-state index is 0.248. The van der Waals surface area contributed by atoms with E-state index in [1.54, 1.807) is 4.72 Å². The zero-order valence-electron chi connectivity index (χ0n) is 27.8. The highest BCUT2D eigenvalue weighted by atomic mass is 35.5. The van der Waals surface area contributed by atoms with Crippen molar-refractivity contribution in [1.82, 2.24) is 9.44 Å². The Balaban J connectivity index is 1.63. The van der Waals surface area contributed by atoms with Crippen LogP contribution < -0.4 is 24.6 Å². The van der Waals surface area contributed by atoms with Gasteiger partial charge in [-0.15, -0.1) is 0 Å². The lowest BCUT2D eigenvalue weighted by atomic mass is 10.1. The molecule has 0 fully saturated rings. The number of halogens is 5. The lowest BCUT2D eigenvalue weighted by Crippen LogP contribution is -2.33. The molecule has 1 aliphatic heterocycles. The van der Waals surface area contributed by atoms with E-state index < -0.39 is 116 Å². The van der Waals surface area contributed by atoms with E-state index in [9.17, 15) is 56.4 Å². The minimum atomic E-state index is -5.08. The number of primary sulfonamides is 2. The number of nitrogens with zero attached hydrogens (tertiary/aromatic N) is 1. The number of nitrogens with two attached hydrogens (primary N) is 2. The van der Waals surface area contributed by atoms with Crippen LogP contribution in [0.3, 0.4) is 0 Å². The molecule has 0 spiro atoms. The summed E-state index contributed by atoms with van der Waals surface area (Å²) in [5.74, 6) is -4.72. The second kappa shape index (κ2) is 15.1. The van der Waals surface area contributed by atoms with Crippen molar-refractivity contribution >= 4 is 81.0 Å². The Morgan fingerprint density at radius 2 is 1.21 bits per heavy atom. The van der Waals surface area contributed by atoms with Crippen LogP contribution in [0.5, 0.6) is 0 Å². The van der Waals surface area contributed by atoms with E-state index in [1.807, 2.05) is 0 Å². The molecule has 25 heteroatoms. The number of benzene rings is 4. The summed E-state index contributed by atoms with van der Waals surface area (Å²) < 4.78 is 162. The first kappa shape index (κ1) is 42.6. The largest absolute Gasteiger partial charge is 0.416 e. The highest BCUT2D eigenvalue weighted by Crippen LogP contribution is 2.53. The predicted molar refractivity (Wildman–Crippen MR) is 194 cm³/mol. The molecule has 0 radical (unpaired) electrons. The van der Waals surface area contributed by atoms with Gasteiger partial charge in [0.05, 0.1) is 26.7 Å². The molecule has 4 aromatic carbocycles.